The van der Waals surface area contributed by atoms with Gasteiger partial charge in [0.2, 0.25) is 0 Å². The average Bonchev–Trinajstić information content (AvgIpc) is 3.43. The Labute approximate surface area is 224 Å². The molecule has 0 saturated carbocycles. The number of allylic oxidation sites excluding steroid dienone is 4. The highest BCUT2D eigenvalue weighted by molar-refractivity contribution is 5.95. The van der Waals surface area contributed by atoms with E-state index in [0.717, 1.165) is 11.4 Å². The van der Waals surface area contributed by atoms with Gasteiger partial charge < -0.3 is 5.32 Å². The van der Waals surface area contributed by atoms with Gasteiger partial charge in [0, 0.05) is 16.9 Å². The molecule has 2 aliphatic rings. The quantitative estimate of drug-likeness (QED) is 0.244. The molecule has 1 heteroatoms. The van der Waals surface area contributed by atoms with Crippen LogP contribution in [0.1, 0.15) is 41.7 Å². The van der Waals surface area contributed by atoms with Crippen molar-refractivity contribution in [3.63, 3.8) is 0 Å². The number of rotatable bonds is 4. The molecule has 0 bridgehead atoms. The molecule has 2 aliphatic carbocycles. The van der Waals surface area contributed by atoms with Gasteiger partial charge in [0.1, 0.15) is 0 Å². The first-order valence-electron chi connectivity index (χ1n) is 13.3. The summed E-state index contributed by atoms with van der Waals surface area (Å²) in [4.78, 5) is 0. The molecule has 0 radical (unpaired) electrons. The van der Waals surface area contributed by atoms with Crippen molar-refractivity contribution < 1.29 is 0 Å². The van der Waals surface area contributed by atoms with Crippen molar-refractivity contribution in [3.8, 4) is 22.3 Å². The number of fused-ring (bicyclic) bond motifs is 10. The molecule has 0 aromatic heterocycles. The zero-order valence-corrected chi connectivity index (χ0v) is 21.7. The number of benzene rings is 5. The molecule has 1 spiro atoms. The van der Waals surface area contributed by atoms with Gasteiger partial charge in [-0.3, -0.25) is 0 Å². The lowest BCUT2D eigenvalue weighted by atomic mass is 9.70. The lowest BCUT2D eigenvalue weighted by Gasteiger charge is -2.30. The minimum absolute atomic E-state index is 0.321. The molecule has 0 atom stereocenters. The van der Waals surface area contributed by atoms with E-state index in [1.807, 2.05) is 6.92 Å². The summed E-state index contributed by atoms with van der Waals surface area (Å²) in [6, 6.07) is 42.3. The van der Waals surface area contributed by atoms with Crippen LogP contribution >= 0.6 is 0 Å². The lowest BCUT2D eigenvalue weighted by Crippen LogP contribution is -2.25. The second-order valence-corrected chi connectivity index (χ2v) is 10.2. The van der Waals surface area contributed by atoms with Crippen LogP contribution in [-0.2, 0) is 5.41 Å². The van der Waals surface area contributed by atoms with Crippen LogP contribution in [0.15, 0.2) is 133 Å². The number of hydrogen-bond donors (Lipinski definition) is 1. The first-order chi connectivity index (χ1) is 18.7. The van der Waals surface area contributed by atoms with Crippen molar-refractivity contribution >= 4 is 16.9 Å². The number of para-hydroxylation sites is 1. The fourth-order valence-electron chi connectivity index (χ4n) is 6.59. The normalized spacial score (nSPS) is 14.3. The van der Waals surface area contributed by atoms with E-state index in [1.165, 1.54) is 55.6 Å². The first kappa shape index (κ1) is 22.6. The second-order valence-electron chi connectivity index (χ2n) is 10.2. The van der Waals surface area contributed by atoms with Gasteiger partial charge in [-0.2, -0.15) is 0 Å². The van der Waals surface area contributed by atoms with Crippen molar-refractivity contribution in [2.75, 3.05) is 5.32 Å². The molecular formula is C37H29N. The monoisotopic (exact) mass is 487 g/mol. The van der Waals surface area contributed by atoms with Crippen molar-refractivity contribution in [1.82, 2.24) is 0 Å². The standard InChI is InChI=1S/C37H29N/c1-3-4-13-25(2)27-14-8-12-21-36(27)38-26-22-23-31-30-17-7-11-20-34(30)37(35(31)24-26)32-18-9-5-15-28(32)29-16-6-10-19-33(29)37/h3-24,38H,1-2H3/b4-3-,25-13+. The fourth-order valence-corrected chi connectivity index (χ4v) is 6.59. The molecule has 182 valence electrons. The maximum atomic E-state index is 3.78. The number of anilines is 2. The van der Waals surface area contributed by atoms with Gasteiger partial charge in [0.05, 0.1) is 5.41 Å². The summed E-state index contributed by atoms with van der Waals surface area (Å²) in [5, 5.41) is 3.78. The topological polar surface area (TPSA) is 12.0 Å². The van der Waals surface area contributed by atoms with Crippen molar-refractivity contribution in [2.45, 2.75) is 19.3 Å². The Hall–Kier alpha value is -4.62. The molecule has 1 N–H and O–H groups in total. The minimum Gasteiger partial charge on any atom is -0.355 e. The molecule has 0 saturated heterocycles. The molecule has 7 rings (SSSR count). The average molecular weight is 488 g/mol. The Kier molecular flexibility index (Phi) is 5.19. The molecule has 0 aliphatic heterocycles. The second kappa shape index (κ2) is 8.75. The summed E-state index contributed by atoms with van der Waals surface area (Å²) >= 11 is 0. The molecule has 0 heterocycles. The number of nitrogens with one attached hydrogen (secondary N) is 1. The molecule has 0 unspecified atom stereocenters. The van der Waals surface area contributed by atoms with Crippen LogP contribution in [-0.4, -0.2) is 0 Å². The van der Waals surface area contributed by atoms with Gasteiger partial charge in [-0.25, -0.2) is 0 Å². The predicted octanol–water partition coefficient (Wildman–Crippen LogP) is 9.75. The van der Waals surface area contributed by atoms with Crippen LogP contribution < -0.4 is 5.32 Å². The van der Waals surface area contributed by atoms with Gasteiger partial charge in [-0.1, -0.05) is 115 Å². The smallest absolute Gasteiger partial charge is 0.0726 e. The minimum atomic E-state index is -0.321. The zero-order valence-electron chi connectivity index (χ0n) is 21.7. The van der Waals surface area contributed by atoms with E-state index in [2.05, 4.69) is 146 Å². The molecular weight excluding hydrogens is 458 g/mol. The fraction of sp³-hybridized carbons (Fsp3) is 0.0811. The lowest BCUT2D eigenvalue weighted by molar-refractivity contribution is 0.794. The van der Waals surface area contributed by atoms with Crippen molar-refractivity contribution in [2.24, 2.45) is 0 Å². The number of hydrogen-bond acceptors (Lipinski definition) is 1. The third-order valence-electron chi connectivity index (χ3n) is 8.17. The van der Waals surface area contributed by atoms with E-state index in [1.54, 1.807) is 0 Å². The summed E-state index contributed by atoms with van der Waals surface area (Å²) in [6.45, 7) is 4.22. The van der Waals surface area contributed by atoms with Gasteiger partial charge in [0.15, 0.2) is 0 Å². The summed E-state index contributed by atoms with van der Waals surface area (Å²) in [5.41, 5.74) is 15.1. The summed E-state index contributed by atoms with van der Waals surface area (Å²) in [7, 11) is 0. The Balaban J connectivity index is 1.45. The third-order valence-corrected chi connectivity index (χ3v) is 8.17. The van der Waals surface area contributed by atoms with Crippen LogP contribution in [0.5, 0.6) is 0 Å². The SMILES string of the molecule is C/C=C\C=C(/C)c1ccccc1Nc1ccc2c(c1)C1(c3ccccc3-c3ccccc31)c1ccccc1-2. The highest BCUT2D eigenvalue weighted by atomic mass is 14.9. The van der Waals surface area contributed by atoms with Crippen LogP contribution in [0, 0.1) is 0 Å². The third kappa shape index (κ3) is 3.12. The van der Waals surface area contributed by atoms with E-state index >= 15 is 0 Å². The van der Waals surface area contributed by atoms with Crippen LogP contribution in [0.25, 0.3) is 27.8 Å². The highest BCUT2D eigenvalue weighted by Crippen LogP contribution is 2.62. The van der Waals surface area contributed by atoms with E-state index in [0.29, 0.717) is 0 Å². The Morgan fingerprint density at radius 3 is 1.74 bits per heavy atom. The maximum Gasteiger partial charge on any atom is 0.0726 e. The van der Waals surface area contributed by atoms with Gasteiger partial charge in [-0.05, 0) is 82.1 Å². The van der Waals surface area contributed by atoms with Crippen LogP contribution in [0.2, 0.25) is 0 Å². The van der Waals surface area contributed by atoms with Crippen molar-refractivity contribution in [3.05, 3.63) is 161 Å². The van der Waals surface area contributed by atoms with Gasteiger partial charge >= 0.3 is 0 Å². The summed E-state index contributed by atoms with van der Waals surface area (Å²) in [5.74, 6) is 0. The van der Waals surface area contributed by atoms with Crippen LogP contribution in [0.4, 0.5) is 11.4 Å². The molecule has 5 aromatic rings. The first-order valence-corrected chi connectivity index (χ1v) is 13.3. The van der Waals surface area contributed by atoms with E-state index in [9.17, 15) is 0 Å². The Bertz CT molecular complexity index is 1700. The molecule has 0 amide bonds. The highest BCUT2D eigenvalue weighted by Gasteiger charge is 2.51. The molecule has 38 heavy (non-hydrogen) atoms. The largest absolute Gasteiger partial charge is 0.355 e. The molecule has 1 nitrogen and oxygen atoms in total. The molecule has 5 aromatic carbocycles. The predicted molar refractivity (Wildman–Crippen MR) is 161 cm³/mol. The van der Waals surface area contributed by atoms with Gasteiger partial charge in [-0.15, -0.1) is 0 Å². The Morgan fingerprint density at radius 1 is 0.605 bits per heavy atom. The summed E-state index contributed by atoms with van der Waals surface area (Å²) < 4.78 is 0. The zero-order chi connectivity index (χ0) is 25.7. The Morgan fingerprint density at radius 2 is 1.13 bits per heavy atom. The molecule has 0 fully saturated rings. The van der Waals surface area contributed by atoms with E-state index in [-0.39, 0.29) is 5.41 Å². The van der Waals surface area contributed by atoms with E-state index < -0.39 is 0 Å². The maximum absolute atomic E-state index is 3.78. The van der Waals surface area contributed by atoms with Gasteiger partial charge in [0.25, 0.3) is 0 Å². The van der Waals surface area contributed by atoms with Crippen LogP contribution in [0.3, 0.4) is 0 Å². The van der Waals surface area contributed by atoms with Crippen molar-refractivity contribution in [1.29, 1.82) is 0 Å². The van der Waals surface area contributed by atoms with E-state index in [4.69, 9.17) is 0 Å². The summed E-state index contributed by atoms with van der Waals surface area (Å²) in [6.07, 6.45) is 6.33.